The number of carbonyl (C=O) groups excluding carboxylic acids is 1. The van der Waals surface area contributed by atoms with Crippen molar-refractivity contribution in [2.75, 3.05) is 6.61 Å². The van der Waals surface area contributed by atoms with Crippen molar-refractivity contribution in [1.82, 2.24) is 0 Å². The molecule has 1 N–H and O–H groups in total. The van der Waals surface area contributed by atoms with Crippen molar-refractivity contribution in [3.05, 3.63) is 108 Å². The molecule has 1 heterocycles. The number of hydrogen-bond donors (Lipinski definition) is 1. The third-order valence-corrected chi connectivity index (χ3v) is 13.5. The first-order chi connectivity index (χ1) is 19.2. The maximum atomic E-state index is 13.2. The van der Waals surface area contributed by atoms with E-state index < -0.39 is 31.5 Å². The Kier molecular flexibility index (Phi) is 9.00. The number of hydrogen-bond acceptors (Lipinski definition) is 5. The van der Waals surface area contributed by atoms with Gasteiger partial charge in [0.15, 0.2) is 8.32 Å². The quantitative estimate of drug-likeness (QED) is 0.165. The molecule has 0 aromatic heterocycles. The summed E-state index contributed by atoms with van der Waals surface area (Å²) >= 11 is 0. The minimum Gasteiger partial charge on any atom is -0.459 e. The second-order valence-electron chi connectivity index (χ2n) is 13.3. The minimum absolute atomic E-state index is 0.0183. The number of carbonyl (C=O) groups is 1. The van der Waals surface area contributed by atoms with E-state index >= 15 is 0 Å². The molecule has 0 amide bonds. The van der Waals surface area contributed by atoms with Crippen LogP contribution in [0.2, 0.25) is 18.1 Å². The molecule has 5 atom stereocenters. The second-order valence-corrected chi connectivity index (χ2v) is 18.0. The highest BCUT2D eigenvalue weighted by molar-refractivity contribution is 6.74. The molecular weight excluding hydrogens is 528 g/mol. The van der Waals surface area contributed by atoms with Gasteiger partial charge in [-0.3, -0.25) is 4.79 Å². The third-order valence-electron chi connectivity index (χ3n) is 9.08. The second kappa shape index (κ2) is 11.8. The van der Waals surface area contributed by atoms with E-state index in [9.17, 15) is 9.90 Å². The molecule has 5 nitrogen and oxygen atoms in total. The van der Waals surface area contributed by atoms with Crippen LogP contribution in [0.25, 0.3) is 0 Å². The molecule has 5 unspecified atom stereocenters. The molecule has 220 valence electrons. The number of rotatable bonds is 9. The van der Waals surface area contributed by atoms with Crippen LogP contribution < -0.4 is 0 Å². The molecule has 0 bridgehead atoms. The summed E-state index contributed by atoms with van der Waals surface area (Å²) in [6.07, 6.45) is -1.17. The smallest absolute Gasteiger partial charge is 0.311 e. The van der Waals surface area contributed by atoms with E-state index in [1.165, 1.54) is 0 Å². The molecule has 1 fully saturated rings. The maximum absolute atomic E-state index is 13.2. The molecule has 41 heavy (non-hydrogen) atoms. The Morgan fingerprint density at radius 1 is 0.780 bits per heavy atom. The van der Waals surface area contributed by atoms with E-state index in [1.54, 1.807) is 6.92 Å². The zero-order chi connectivity index (χ0) is 30.1. The van der Waals surface area contributed by atoms with Crippen LogP contribution in [0, 0.1) is 11.8 Å². The first kappa shape index (κ1) is 31.2. The summed E-state index contributed by atoms with van der Waals surface area (Å²) < 4.78 is 19.7. The standard InChI is InChI=1S/C35H46O5Si/c1-25-30(40-41(7,8)33(3,4)5)26(2)32(36)39-31(25)34(6,37)24-38-35(27-18-12-9-13-19-27,28-20-14-10-15-21-28)29-22-16-11-17-23-29/h9-23,25-26,30-31,37H,24H2,1-8H3. The highest BCUT2D eigenvalue weighted by Gasteiger charge is 2.53. The molecule has 1 aliphatic heterocycles. The lowest BCUT2D eigenvalue weighted by Gasteiger charge is -2.49. The number of ether oxygens (including phenoxy) is 2. The van der Waals surface area contributed by atoms with Crippen LogP contribution in [-0.2, 0) is 24.3 Å². The molecule has 0 saturated carbocycles. The number of esters is 1. The summed E-state index contributed by atoms with van der Waals surface area (Å²) in [5.41, 5.74) is 0.326. The average molecular weight is 575 g/mol. The fourth-order valence-corrected chi connectivity index (χ4v) is 7.08. The van der Waals surface area contributed by atoms with Gasteiger partial charge in [0.2, 0.25) is 0 Å². The third kappa shape index (κ3) is 6.21. The molecular formula is C35H46O5Si. The van der Waals surface area contributed by atoms with Crippen molar-refractivity contribution >= 4 is 14.3 Å². The number of cyclic esters (lactones) is 1. The minimum atomic E-state index is -2.20. The average Bonchev–Trinajstić information content (AvgIpc) is 2.94. The van der Waals surface area contributed by atoms with Crippen LogP contribution in [0.5, 0.6) is 0 Å². The summed E-state index contributed by atoms with van der Waals surface area (Å²) in [6.45, 7) is 16.4. The lowest BCUT2D eigenvalue weighted by atomic mass is 9.78. The molecule has 0 spiro atoms. The Bertz CT molecular complexity index is 1190. The van der Waals surface area contributed by atoms with Crippen LogP contribution in [-0.4, -0.2) is 43.8 Å². The van der Waals surface area contributed by atoms with Gasteiger partial charge in [-0.2, -0.15) is 0 Å². The molecule has 1 saturated heterocycles. The molecule has 6 heteroatoms. The van der Waals surface area contributed by atoms with Gasteiger partial charge in [-0.1, -0.05) is 119 Å². The lowest BCUT2D eigenvalue weighted by molar-refractivity contribution is -0.213. The summed E-state index contributed by atoms with van der Waals surface area (Å²) in [4.78, 5) is 13.2. The highest BCUT2D eigenvalue weighted by atomic mass is 28.4. The van der Waals surface area contributed by atoms with Gasteiger partial charge in [0.05, 0.1) is 18.6 Å². The highest BCUT2D eigenvalue weighted by Crippen LogP contribution is 2.44. The number of aliphatic hydroxyl groups is 1. The Hall–Kier alpha value is -2.77. The van der Waals surface area contributed by atoms with E-state index in [4.69, 9.17) is 13.9 Å². The molecule has 0 aliphatic carbocycles. The molecule has 1 aliphatic rings. The van der Waals surface area contributed by atoms with E-state index in [0.29, 0.717) is 0 Å². The van der Waals surface area contributed by atoms with Crippen LogP contribution >= 0.6 is 0 Å². The van der Waals surface area contributed by atoms with Crippen molar-refractivity contribution in [2.45, 2.75) is 83.1 Å². The van der Waals surface area contributed by atoms with Crippen molar-refractivity contribution in [3.8, 4) is 0 Å². The molecule has 4 rings (SSSR count). The zero-order valence-electron chi connectivity index (χ0n) is 25.8. The van der Waals surface area contributed by atoms with Crippen molar-refractivity contribution in [1.29, 1.82) is 0 Å². The molecule has 0 radical (unpaired) electrons. The SMILES string of the molecule is CC1C(=O)OC(C(C)(O)COC(c2ccccc2)(c2ccccc2)c2ccccc2)C(C)C1O[Si](C)(C)C(C)(C)C. The van der Waals surface area contributed by atoms with E-state index in [1.807, 2.05) is 105 Å². The van der Waals surface area contributed by atoms with Crippen molar-refractivity contribution in [2.24, 2.45) is 11.8 Å². The monoisotopic (exact) mass is 574 g/mol. The predicted octanol–water partition coefficient (Wildman–Crippen LogP) is 7.33. The van der Waals surface area contributed by atoms with Gasteiger partial charge in [0, 0.05) is 5.92 Å². The molecule has 3 aromatic rings. The van der Waals surface area contributed by atoms with Crippen LogP contribution in [0.1, 0.15) is 58.2 Å². The van der Waals surface area contributed by atoms with Gasteiger partial charge in [-0.15, -0.1) is 0 Å². The Balaban J connectivity index is 1.72. The summed E-state index contributed by atoms with van der Waals surface area (Å²) in [5.74, 6) is -1.02. The summed E-state index contributed by atoms with van der Waals surface area (Å²) in [5, 5.41) is 12.0. The van der Waals surface area contributed by atoms with Gasteiger partial charge >= 0.3 is 5.97 Å². The predicted molar refractivity (Wildman–Crippen MR) is 166 cm³/mol. The Morgan fingerprint density at radius 3 is 1.59 bits per heavy atom. The molecule has 3 aromatic carbocycles. The zero-order valence-corrected chi connectivity index (χ0v) is 26.8. The van der Waals surface area contributed by atoms with Crippen LogP contribution in [0.4, 0.5) is 0 Å². The van der Waals surface area contributed by atoms with Gasteiger partial charge in [-0.25, -0.2) is 0 Å². The van der Waals surface area contributed by atoms with Crippen LogP contribution in [0.3, 0.4) is 0 Å². The van der Waals surface area contributed by atoms with Crippen LogP contribution in [0.15, 0.2) is 91.0 Å². The fraction of sp³-hybridized carbons (Fsp3) is 0.457. The topological polar surface area (TPSA) is 65.0 Å². The van der Waals surface area contributed by atoms with E-state index in [2.05, 4.69) is 33.9 Å². The summed E-state index contributed by atoms with van der Waals surface area (Å²) in [7, 11) is -2.20. The maximum Gasteiger partial charge on any atom is 0.311 e. The van der Waals surface area contributed by atoms with Gasteiger partial charge in [0.1, 0.15) is 17.3 Å². The van der Waals surface area contributed by atoms with Gasteiger partial charge in [0.25, 0.3) is 0 Å². The normalized spacial score (nSPS) is 23.5. The van der Waals surface area contributed by atoms with Crippen molar-refractivity contribution in [3.63, 3.8) is 0 Å². The van der Waals surface area contributed by atoms with Gasteiger partial charge in [-0.05, 0) is 48.7 Å². The van der Waals surface area contributed by atoms with Gasteiger partial charge < -0.3 is 19.0 Å². The Morgan fingerprint density at radius 2 is 1.20 bits per heavy atom. The number of benzene rings is 3. The van der Waals surface area contributed by atoms with E-state index in [0.717, 1.165) is 16.7 Å². The first-order valence-corrected chi connectivity index (χ1v) is 17.5. The first-order valence-electron chi connectivity index (χ1n) is 14.6. The lowest BCUT2D eigenvalue weighted by Crippen LogP contribution is -2.61. The van der Waals surface area contributed by atoms with E-state index in [-0.39, 0.29) is 29.6 Å². The largest absolute Gasteiger partial charge is 0.459 e. The van der Waals surface area contributed by atoms with Crippen molar-refractivity contribution < 1.29 is 23.8 Å². The Labute approximate surface area is 247 Å². The fourth-order valence-electron chi connectivity index (χ4n) is 5.63. The summed E-state index contributed by atoms with van der Waals surface area (Å²) in [6, 6.07) is 30.2.